The second-order valence-corrected chi connectivity index (χ2v) is 25.1. The van der Waals surface area contributed by atoms with Crippen LogP contribution in [0.4, 0.5) is 5.95 Å². The monoisotopic (exact) mass is 551 g/mol. The molecule has 0 bridgehead atoms. The number of fused-ring (bicyclic) bond motifs is 1. The minimum Gasteiger partial charge on any atom is -0.408 e. The molecule has 0 saturated carbocycles. The number of aliphatic hydroxyl groups excluding tert-OH is 1. The quantitative estimate of drug-likeness (QED) is 0.361. The highest BCUT2D eigenvalue weighted by molar-refractivity contribution is 9.00. The van der Waals surface area contributed by atoms with Crippen LogP contribution in [-0.2, 0) is 25.5 Å². The SMILES string of the molecule is CC(C)(C)[Si](C)(C)O[C@H]1[C@@H](O)[C@H](n2cnc3c(=O)[nH]c(N)nc32)O[C@@H]1COP1(=S)SCCS1. The number of nitrogen functional groups attached to an aromatic ring is 1. The van der Waals surface area contributed by atoms with Crippen molar-refractivity contribution in [3.8, 4) is 0 Å². The number of hydrogen-bond acceptors (Lipinski definition) is 11. The van der Waals surface area contributed by atoms with Crippen molar-refractivity contribution in [2.24, 2.45) is 0 Å². The number of rotatable bonds is 6. The van der Waals surface area contributed by atoms with Gasteiger partial charge in [0.2, 0.25) is 5.95 Å². The number of ether oxygens (including phenoxy) is 1. The Morgan fingerprint density at radius 2 is 2.09 bits per heavy atom. The summed E-state index contributed by atoms with van der Waals surface area (Å²) in [5.74, 6) is 1.92. The van der Waals surface area contributed by atoms with Crippen molar-refractivity contribution in [2.45, 2.75) is 63.4 Å². The molecule has 0 radical (unpaired) electrons. The van der Waals surface area contributed by atoms with Crippen LogP contribution >= 0.6 is 27.4 Å². The summed E-state index contributed by atoms with van der Waals surface area (Å²) in [6.07, 6.45) is -1.65. The average Bonchev–Trinajstić information content (AvgIpc) is 3.39. The maximum Gasteiger partial charge on any atom is 0.280 e. The Kier molecular flexibility index (Phi) is 7.16. The molecule has 2 aromatic rings. The van der Waals surface area contributed by atoms with Crippen molar-refractivity contribution in [3.05, 3.63) is 16.7 Å². The molecule has 0 amide bonds. The third-order valence-corrected chi connectivity index (χ3v) is 20.6. The first-order valence-electron chi connectivity index (χ1n) is 10.6. The number of H-pyrrole nitrogens is 1. The van der Waals surface area contributed by atoms with Crippen molar-refractivity contribution < 1.29 is 18.8 Å². The largest absolute Gasteiger partial charge is 0.408 e. The first kappa shape index (κ1) is 25.6. The Morgan fingerprint density at radius 3 is 2.73 bits per heavy atom. The van der Waals surface area contributed by atoms with Gasteiger partial charge in [0.1, 0.15) is 18.3 Å². The molecular weight excluding hydrogens is 521 g/mol. The summed E-state index contributed by atoms with van der Waals surface area (Å²) in [6, 6.07) is 0. The highest BCUT2D eigenvalue weighted by Gasteiger charge is 2.51. The van der Waals surface area contributed by atoms with Gasteiger partial charge in [0.05, 0.1) is 12.9 Å². The fourth-order valence-corrected chi connectivity index (χ4v) is 13.6. The maximum atomic E-state index is 12.2. The molecule has 0 spiro atoms. The molecule has 2 saturated heterocycles. The number of nitrogens with zero attached hydrogens (tertiary/aromatic N) is 3. The Hall–Kier alpha value is -0.443. The minimum atomic E-state index is -2.26. The second-order valence-electron chi connectivity index (χ2n) is 9.58. The molecular formula is C18H30N5O5PS3Si. The number of imidazole rings is 1. The zero-order valence-electron chi connectivity index (χ0n) is 19.2. The lowest BCUT2D eigenvalue weighted by atomic mass is 10.1. The molecule has 0 unspecified atom stereocenters. The van der Waals surface area contributed by atoms with Crippen LogP contribution in [-0.4, -0.2) is 69.4 Å². The number of nitrogens with two attached hydrogens (primary N) is 1. The molecule has 4 N–H and O–H groups in total. The predicted octanol–water partition coefficient (Wildman–Crippen LogP) is 3.07. The van der Waals surface area contributed by atoms with Gasteiger partial charge in [-0.1, -0.05) is 43.5 Å². The maximum absolute atomic E-state index is 12.2. The van der Waals surface area contributed by atoms with E-state index in [0.29, 0.717) is 0 Å². The smallest absolute Gasteiger partial charge is 0.280 e. The summed E-state index contributed by atoms with van der Waals surface area (Å²) < 4.78 is 18.6. The highest BCUT2D eigenvalue weighted by Crippen LogP contribution is 2.74. The average molecular weight is 552 g/mol. The molecule has 0 aromatic carbocycles. The molecule has 2 aliphatic rings. The summed E-state index contributed by atoms with van der Waals surface area (Å²) in [5, 5.41) is 11.3. The standard InChI is InChI=1S/C18H30N5O5PS3Si/c1-18(2,3)33(4,5)28-13-10(8-26-29(30)31-6-7-32-29)27-16(12(13)24)23-9-20-11-14(23)21-17(19)22-15(11)25/h9-10,12-13,16,24H,6-8H2,1-5H3,(H3,19,21,22,25)/t10-,12-,13-,16-/m1/s1. The first-order chi connectivity index (χ1) is 15.3. The number of aromatic amines is 1. The van der Waals surface area contributed by atoms with Crippen LogP contribution in [0.2, 0.25) is 18.1 Å². The Labute approximate surface area is 206 Å². The normalized spacial score (nSPS) is 28.1. The number of aromatic nitrogens is 4. The zero-order valence-corrected chi connectivity index (χ0v) is 23.5. The lowest BCUT2D eigenvalue weighted by molar-refractivity contribution is -0.0456. The predicted molar refractivity (Wildman–Crippen MR) is 140 cm³/mol. The van der Waals surface area contributed by atoms with Crippen molar-refractivity contribution in [2.75, 3.05) is 23.8 Å². The number of nitrogens with one attached hydrogen (secondary N) is 1. The lowest BCUT2D eigenvalue weighted by Crippen LogP contribution is -2.49. The van der Waals surface area contributed by atoms with Gasteiger partial charge in [0, 0.05) is 11.5 Å². The Bertz CT molecular complexity index is 1130. The third kappa shape index (κ3) is 5.10. The molecule has 2 aliphatic heterocycles. The Balaban J connectivity index is 1.66. The molecule has 10 nitrogen and oxygen atoms in total. The van der Waals surface area contributed by atoms with E-state index in [4.69, 9.17) is 31.2 Å². The van der Waals surface area contributed by atoms with Crippen LogP contribution in [0.25, 0.3) is 11.2 Å². The van der Waals surface area contributed by atoms with Crippen LogP contribution in [0.1, 0.15) is 27.0 Å². The van der Waals surface area contributed by atoms with Gasteiger partial charge in [-0.2, -0.15) is 4.98 Å². The van der Waals surface area contributed by atoms with Crippen molar-refractivity contribution in [1.82, 2.24) is 19.5 Å². The van der Waals surface area contributed by atoms with Gasteiger partial charge in [0.25, 0.3) is 5.56 Å². The fourth-order valence-electron chi connectivity index (χ4n) is 3.45. The van der Waals surface area contributed by atoms with Gasteiger partial charge < -0.3 is 24.5 Å². The summed E-state index contributed by atoms with van der Waals surface area (Å²) in [7, 11) is -2.26. The molecule has 33 heavy (non-hydrogen) atoms. The molecule has 184 valence electrons. The summed E-state index contributed by atoms with van der Waals surface area (Å²) in [4.78, 5) is 23.0. The minimum absolute atomic E-state index is 0.0381. The van der Waals surface area contributed by atoms with E-state index < -0.39 is 43.1 Å². The molecule has 4 atom stereocenters. The van der Waals surface area contributed by atoms with E-state index in [0.717, 1.165) is 11.5 Å². The van der Waals surface area contributed by atoms with Crippen LogP contribution in [0.3, 0.4) is 0 Å². The molecule has 0 aliphatic carbocycles. The summed E-state index contributed by atoms with van der Waals surface area (Å²) >= 11 is 9.11. The number of anilines is 1. The van der Waals surface area contributed by atoms with Crippen LogP contribution in [0, 0.1) is 0 Å². The van der Waals surface area contributed by atoms with Crippen molar-refractivity contribution in [1.29, 1.82) is 0 Å². The van der Waals surface area contributed by atoms with E-state index >= 15 is 0 Å². The zero-order chi connectivity index (χ0) is 24.2. The molecule has 2 fully saturated rings. The van der Waals surface area contributed by atoms with Crippen molar-refractivity contribution in [3.63, 3.8) is 0 Å². The van der Waals surface area contributed by atoms with E-state index in [9.17, 15) is 9.90 Å². The first-order valence-corrected chi connectivity index (χ1v) is 19.4. The van der Waals surface area contributed by atoms with Crippen LogP contribution in [0.15, 0.2) is 11.1 Å². The Morgan fingerprint density at radius 1 is 1.42 bits per heavy atom. The van der Waals surface area contributed by atoms with E-state index in [1.807, 2.05) is 0 Å². The van der Waals surface area contributed by atoms with E-state index in [1.165, 1.54) is 10.9 Å². The second kappa shape index (κ2) is 9.21. The number of hydrogen-bond donors (Lipinski definition) is 3. The molecule has 4 heterocycles. The van der Waals surface area contributed by atoms with Crippen LogP contribution in [0.5, 0.6) is 0 Å². The summed E-state index contributed by atoms with van der Waals surface area (Å²) in [6.45, 7) is 10.9. The van der Waals surface area contributed by atoms with E-state index in [-0.39, 0.29) is 28.8 Å². The van der Waals surface area contributed by atoms with Crippen molar-refractivity contribution >= 4 is 64.7 Å². The molecule has 15 heteroatoms. The van der Waals surface area contributed by atoms with E-state index in [1.54, 1.807) is 22.8 Å². The van der Waals surface area contributed by atoms with Gasteiger partial charge >= 0.3 is 0 Å². The fraction of sp³-hybridized carbons (Fsp3) is 0.722. The molecule has 2 aromatic heterocycles. The van der Waals surface area contributed by atoms with Gasteiger partial charge in [-0.05, 0) is 29.9 Å². The van der Waals surface area contributed by atoms with Gasteiger partial charge in [0.15, 0.2) is 30.4 Å². The lowest BCUT2D eigenvalue weighted by Gasteiger charge is -2.40. The summed E-state index contributed by atoms with van der Waals surface area (Å²) in [5.41, 5.74) is 5.65. The number of aliphatic hydroxyl groups is 1. The van der Waals surface area contributed by atoms with Gasteiger partial charge in [-0.3, -0.25) is 14.3 Å². The van der Waals surface area contributed by atoms with E-state index in [2.05, 4.69) is 48.8 Å². The van der Waals surface area contributed by atoms with Gasteiger partial charge in [-0.15, -0.1) is 0 Å². The highest BCUT2D eigenvalue weighted by atomic mass is 33.2. The molecule has 4 rings (SSSR count). The van der Waals surface area contributed by atoms with Gasteiger partial charge in [-0.25, -0.2) is 4.98 Å². The third-order valence-electron chi connectivity index (χ3n) is 6.25. The topological polar surface area (TPSA) is 138 Å². The van der Waals surface area contributed by atoms with Crippen LogP contribution < -0.4 is 11.3 Å².